The molecular formula is C17H19NO3. The number of likely N-dealkylation sites (tertiary alicyclic amines) is 1. The lowest BCUT2D eigenvalue weighted by atomic mass is 9.53. The molecule has 2 aliphatic heterocycles. The largest absolute Gasteiger partial charge is 0.504 e. The van der Waals surface area contributed by atoms with Gasteiger partial charge in [-0.05, 0) is 38.1 Å². The summed E-state index contributed by atoms with van der Waals surface area (Å²) >= 11 is 0. The quantitative estimate of drug-likeness (QED) is 0.703. The highest BCUT2D eigenvalue weighted by Gasteiger charge is 2.64. The molecule has 0 radical (unpaired) electrons. The van der Waals surface area contributed by atoms with Crippen molar-refractivity contribution in [1.29, 1.82) is 0 Å². The van der Waals surface area contributed by atoms with Gasteiger partial charge in [-0.2, -0.15) is 0 Å². The fourth-order valence-electron chi connectivity index (χ4n) is 5.24. The summed E-state index contributed by atoms with van der Waals surface area (Å²) < 4.78 is 6.09. The van der Waals surface area contributed by atoms with Crippen LogP contribution in [-0.4, -0.2) is 47.0 Å². The molecule has 1 fully saturated rings. The average Bonchev–Trinajstić information content (AvgIpc) is 2.83. The third kappa shape index (κ3) is 1.21. The number of rotatable bonds is 0. The molecule has 2 N–H and O–H groups in total. The molecule has 4 aliphatic rings. The smallest absolute Gasteiger partial charge is 0.165 e. The summed E-state index contributed by atoms with van der Waals surface area (Å²) in [5.41, 5.74) is 2.29. The van der Waals surface area contributed by atoms with Gasteiger partial charge in [0.1, 0.15) is 12.2 Å². The third-order valence-corrected chi connectivity index (χ3v) is 6.15. The van der Waals surface area contributed by atoms with E-state index in [-0.39, 0.29) is 17.3 Å². The minimum Gasteiger partial charge on any atom is -0.504 e. The van der Waals surface area contributed by atoms with E-state index in [1.807, 2.05) is 12.1 Å². The number of aliphatic hydroxyl groups excluding tert-OH is 1. The van der Waals surface area contributed by atoms with E-state index in [0.29, 0.717) is 17.7 Å². The Labute approximate surface area is 123 Å². The molecule has 2 bridgehead atoms. The molecule has 2 heterocycles. The highest BCUT2D eigenvalue weighted by molar-refractivity contribution is 5.61. The highest BCUT2D eigenvalue weighted by Crippen LogP contribution is 2.62. The number of aliphatic hydroxyl groups is 1. The van der Waals surface area contributed by atoms with Crippen LogP contribution in [0.1, 0.15) is 17.5 Å². The van der Waals surface area contributed by atoms with E-state index >= 15 is 0 Å². The number of hydrogen-bond acceptors (Lipinski definition) is 4. The van der Waals surface area contributed by atoms with Crippen LogP contribution in [0, 0.1) is 5.92 Å². The van der Waals surface area contributed by atoms with Gasteiger partial charge in [0.2, 0.25) is 0 Å². The van der Waals surface area contributed by atoms with E-state index in [1.165, 1.54) is 11.1 Å². The Morgan fingerprint density at radius 1 is 1.33 bits per heavy atom. The van der Waals surface area contributed by atoms with Gasteiger partial charge in [0.05, 0.1) is 0 Å². The number of ether oxygens (including phenoxy) is 1. The van der Waals surface area contributed by atoms with Gasteiger partial charge in [0.15, 0.2) is 11.5 Å². The van der Waals surface area contributed by atoms with Gasteiger partial charge in [-0.1, -0.05) is 18.2 Å². The Bertz CT molecular complexity index is 670. The molecule has 1 spiro atoms. The normalized spacial score (nSPS) is 42.6. The van der Waals surface area contributed by atoms with Crippen molar-refractivity contribution >= 4 is 0 Å². The molecule has 0 saturated carbocycles. The van der Waals surface area contributed by atoms with Gasteiger partial charge in [-0.25, -0.2) is 0 Å². The second-order valence-electron chi connectivity index (χ2n) is 6.93. The molecule has 21 heavy (non-hydrogen) atoms. The predicted octanol–water partition coefficient (Wildman–Crippen LogP) is 1.20. The predicted molar refractivity (Wildman–Crippen MR) is 77.6 cm³/mol. The number of benzene rings is 1. The maximum Gasteiger partial charge on any atom is 0.165 e. The van der Waals surface area contributed by atoms with Crippen molar-refractivity contribution in [2.24, 2.45) is 5.92 Å². The first-order valence-corrected chi connectivity index (χ1v) is 7.71. The van der Waals surface area contributed by atoms with Gasteiger partial charge in [-0.3, -0.25) is 0 Å². The summed E-state index contributed by atoms with van der Waals surface area (Å²) in [6.45, 7) is 1.01. The molecule has 0 aromatic heterocycles. The average molecular weight is 285 g/mol. The lowest BCUT2D eigenvalue weighted by Gasteiger charge is -2.56. The van der Waals surface area contributed by atoms with Crippen molar-refractivity contribution in [3.8, 4) is 11.5 Å². The van der Waals surface area contributed by atoms with E-state index in [2.05, 4.69) is 18.0 Å². The van der Waals surface area contributed by atoms with Crippen LogP contribution in [0.3, 0.4) is 0 Å². The summed E-state index contributed by atoms with van der Waals surface area (Å²) in [4.78, 5) is 2.43. The van der Waals surface area contributed by atoms with Crippen LogP contribution < -0.4 is 4.74 Å². The van der Waals surface area contributed by atoms with Crippen molar-refractivity contribution in [2.45, 2.75) is 36.5 Å². The zero-order chi connectivity index (χ0) is 14.4. The molecule has 0 amide bonds. The molecule has 4 nitrogen and oxygen atoms in total. The first-order chi connectivity index (χ1) is 10.1. The van der Waals surface area contributed by atoms with Gasteiger partial charge < -0.3 is 19.8 Å². The summed E-state index contributed by atoms with van der Waals surface area (Å²) in [6.07, 6.45) is 5.18. The summed E-state index contributed by atoms with van der Waals surface area (Å²) in [6, 6.07) is 4.23. The standard InChI is InChI=1S/C17H19NO3/c1-18-7-6-17-10-3-5-13(20)16(17)21-15-12(19)4-2-9(14(15)17)8-11(10)18/h2-5,10-11,13,16,19-20H,6-8H2,1H3/t10?,11?,13-,16-,17+/m1/s1. The Balaban J connectivity index is 1.84. The number of likely N-dealkylation sites (N-methyl/N-ethyl adjacent to an activating group) is 1. The minimum absolute atomic E-state index is 0.160. The van der Waals surface area contributed by atoms with Gasteiger partial charge in [-0.15, -0.1) is 0 Å². The molecule has 5 rings (SSSR count). The SMILES string of the molecule is CN1CC[C@]23c4c5ccc(O)c4O[C@@H]2[C@H](O)C=CC3C1C5. The number of phenols is 1. The summed E-state index contributed by atoms with van der Waals surface area (Å²) in [7, 11) is 2.19. The molecular weight excluding hydrogens is 266 g/mol. The van der Waals surface area contributed by atoms with Crippen molar-refractivity contribution in [1.82, 2.24) is 4.90 Å². The van der Waals surface area contributed by atoms with E-state index < -0.39 is 6.10 Å². The zero-order valence-electron chi connectivity index (χ0n) is 12.0. The van der Waals surface area contributed by atoms with Crippen LogP contribution in [0.2, 0.25) is 0 Å². The monoisotopic (exact) mass is 285 g/mol. The third-order valence-electron chi connectivity index (χ3n) is 6.15. The Morgan fingerprint density at radius 2 is 2.19 bits per heavy atom. The van der Waals surface area contributed by atoms with Crippen LogP contribution in [0.5, 0.6) is 11.5 Å². The Hall–Kier alpha value is -1.52. The number of nitrogens with zero attached hydrogens (tertiary/aromatic N) is 1. The van der Waals surface area contributed by atoms with E-state index in [0.717, 1.165) is 19.4 Å². The molecule has 1 aromatic carbocycles. The molecule has 5 atom stereocenters. The second kappa shape index (κ2) is 3.62. The zero-order valence-corrected chi connectivity index (χ0v) is 12.0. The van der Waals surface area contributed by atoms with Crippen molar-refractivity contribution in [3.05, 3.63) is 35.4 Å². The number of aromatic hydroxyl groups is 1. The Kier molecular flexibility index (Phi) is 2.08. The van der Waals surface area contributed by atoms with Crippen molar-refractivity contribution < 1.29 is 14.9 Å². The number of piperidine rings is 1. The topological polar surface area (TPSA) is 52.9 Å². The first kappa shape index (κ1) is 12.1. The molecule has 1 aromatic rings. The van der Waals surface area contributed by atoms with Crippen LogP contribution in [0.25, 0.3) is 0 Å². The molecule has 110 valence electrons. The van der Waals surface area contributed by atoms with E-state index in [4.69, 9.17) is 4.74 Å². The van der Waals surface area contributed by atoms with Crippen LogP contribution >= 0.6 is 0 Å². The number of hydrogen-bond donors (Lipinski definition) is 2. The maximum absolute atomic E-state index is 10.4. The van der Waals surface area contributed by atoms with Crippen molar-refractivity contribution in [3.63, 3.8) is 0 Å². The first-order valence-electron chi connectivity index (χ1n) is 7.71. The van der Waals surface area contributed by atoms with Gasteiger partial charge in [0, 0.05) is 22.9 Å². The lowest BCUT2D eigenvalue weighted by molar-refractivity contribution is -0.0453. The van der Waals surface area contributed by atoms with Crippen LogP contribution in [-0.2, 0) is 11.8 Å². The summed E-state index contributed by atoms with van der Waals surface area (Å²) in [5.74, 6) is 1.19. The van der Waals surface area contributed by atoms with Gasteiger partial charge in [0.25, 0.3) is 0 Å². The van der Waals surface area contributed by atoms with E-state index in [1.54, 1.807) is 6.07 Å². The van der Waals surface area contributed by atoms with Crippen LogP contribution in [0.4, 0.5) is 0 Å². The minimum atomic E-state index is -0.594. The molecule has 1 saturated heterocycles. The Morgan fingerprint density at radius 3 is 3.05 bits per heavy atom. The van der Waals surface area contributed by atoms with E-state index in [9.17, 15) is 10.2 Å². The van der Waals surface area contributed by atoms with Crippen molar-refractivity contribution in [2.75, 3.05) is 13.6 Å². The second-order valence-corrected chi connectivity index (χ2v) is 6.93. The number of phenolic OH excluding ortho intramolecular Hbond substituents is 1. The van der Waals surface area contributed by atoms with Crippen LogP contribution in [0.15, 0.2) is 24.3 Å². The fraction of sp³-hybridized carbons (Fsp3) is 0.529. The molecule has 2 aliphatic carbocycles. The maximum atomic E-state index is 10.4. The lowest BCUT2D eigenvalue weighted by Crippen LogP contribution is -2.64. The van der Waals surface area contributed by atoms with Gasteiger partial charge >= 0.3 is 0 Å². The highest BCUT2D eigenvalue weighted by atomic mass is 16.5. The molecule has 4 heteroatoms. The molecule has 2 unspecified atom stereocenters. The summed E-state index contributed by atoms with van der Waals surface area (Å²) in [5, 5.41) is 20.6. The fourth-order valence-corrected chi connectivity index (χ4v) is 5.24.